The quantitative estimate of drug-likeness (QED) is 0.248. The van der Waals surface area contributed by atoms with Crippen molar-refractivity contribution in [1.82, 2.24) is 0 Å². The molecule has 0 unspecified atom stereocenters. The van der Waals surface area contributed by atoms with Gasteiger partial charge in [-0.05, 0) is 39.5 Å². The minimum Gasteiger partial charge on any atom is -0.0917 e. The molecule has 0 aliphatic rings. The molecule has 0 spiro atoms. The molecule has 0 aromatic carbocycles. The van der Waals surface area contributed by atoms with Crippen LogP contribution in [0.25, 0.3) is 0 Å². The van der Waals surface area contributed by atoms with E-state index in [4.69, 9.17) is 0 Å². The Bertz CT molecular complexity index is 166. The molecule has 18 heavy (non-hydrogen) atoms. The summed E-state index contributed by atoms with van der Waals surface area (Å²) in [6.45, 7) is 4.22. The van der Waals surface area contributed by atoms with Crippen molar-refractivity contribution in [3.8, 4) is 0 Å². The van der Waals surface area contributed by atoms with Gasteiger partial charge in [-0.25, -0.2) is 0 Å². The van der Waals surface area contributed by atoms with Gasteiger partial charge in [0.2, 0.25) is 0 Å². The molecule has 0 heterocycles. The number of hydrogen-bond donors (Lipinski definition) is 0. The van der Waals surface area contributed by atoms with Crippen LogP contribution in [0.2, 0.25) is 0 Å². The first-order valence-corrected chi connectivity index (χ1v) is 8.14. The highest BCUT2D eigenvalue weighted by molar-refractivity contribution is 4.76. The van der Waals surface area contributed by atoms with Gasteiger partial charge in [0, 0.05) is 0 Å². The van der Waals surface area contributed by atoms with E-state index in [2.05, 4.69) is 38.2 Å². The Morgan fingerprint density at radius 1 is 0.444 bits per heavy atom. The van der Waals surface area contributed by atoms with E-state index in [1.54, 1.807) is 0 Å². The maximum atomic E-state index is 2.29. The van der Waals surface area contributed by atoms with Crippen molar-refractivity contribution in [2.24, 2.45) is 0 Å². The Morgan fingerprint density at radius 3 is 1.00 bits per heavy atom. The van der Waals surface area contributed by atoms with Crippen molar-refractivity contribution in [1.29, 1.82) is 0 Å². The van der Waals surface area contributed by atoms with Gasteiger partial charge in [-0.1, -0.05) is 75.7 Å². The Hall–Kier alpha value is -0.520. The number of unbranched alkanes of at least 4 members (excludes halogenated alkanes) is 11. The minimum atomic E-state index is 1.28. The summed E-state index contributed by atoms with van der Waals surface area (Å²) in [5.41, 5.74) is 0. The average molecular weight is 250 g/mol. The van der Waals surface area contributed by atoms with Gasteiger partial charge in [0.05, 0.1) is 0 Å². The molecule has 0 saturated carbocycles. The summed E-state index contributed by atoms with van der Waals surface area (Å²) in [6.07, 6.45) is 25.8. The lowest BCUT2D eigenvalue weighted by atomic mass is 10.1. The largest absolute Gasteiger partial charge is 0.0917 e. The molecule has 0 saturated heterocycles. The SMILES string of the molecule is CC=CCCCCCCCCCCCCC=CC. The van der Waals surface area contributed by atoms with Gasteiger partial charge in [-0.2, -0.15) is 0 Å². The lowest BCUT2D eigenvalue weighted by Gasteiger charge is -2.01. The molecular formula is C18H34. The lowest BCUT2D eigenvalue weighted by molar-refractivity contribution is 0.553. The highest BCUT2D eigenvalue weighted by Crippen LogP contribution is 2.12. The molecule has 0 fully saturated rings. The zero-order chi connectivity index (χ0) is 13.3. The summed E-state index contributed by atoms with van der Waals surface area (Å²) in [6, 6.07) is 0. The molecule has 0 bridgehead atoms. The fraction of sp³-hybridized carbons (Fsp3) is 0.778. The molecule has 0 amide bonds. The van der Waals surface area contributed by atoms with Crippen molar-refractivity contribution in [3.05, 3.63) is 24.3 Å². The molecule has 0 nitrogen and oxygen atoms in total. The second-order valence-corrected chi connectivity index (χ2v) is 5.25. The third-order valence-electron chi connectivity index (χ3n) is 3.46. The third kappa shape index (κ3) is 15.5. The summed E-state index contributed by atoms with van der Waals surface area (Å²) in [5.74, 6) is 0. The molecule has 0 rings (SSSR count). The van der Waals surface area contributed by atoms with Crippen LogP contribution >= 0.6 is 0 Å². The monoisotopic (exact) mass is 250 g/mol. The zero-order valence-corrected chi connectivity index (χ0v) is 12.8. The van der Waals surface area contributed by atoms with Gasteiger partial charge in [-0.3, -0.25) is 0 Å². The van der Waals surface area contributed by atoms with E-state index in [1.807, 2.05) is 0 Å². The fourth-order valence-electron chi connectivity index (χ4n) is 2.27. The smallest absolute Gasteiger partial charge is 0.0351 e. The standard InChI is InChI=1S/C18H34/c1-3-5-7-9-11-13-15-17-18-16-14-12-10-8-6-4-2/h3-6H,7-18H2,1-2H3. The normalized spacial score (nSPS) is 11.9. The van der Waals surface area contributed by atoms with Crippen LogP contribution in [0, 0.1) is 0 Å². The van der Waals surface area contributed by atoms with E-state index in [-0.39, 0.29) is 0 Å². The lowest BCUT2D eigenvalue weighted by Crippen LogP contribution is -1.82. The second kappa shape index (κ2) is 16.5. The molecule has 0 aromatic heterocycles. The predicted molar refractivity (Wildman–Crippen MR) is 85.0 cm³/mol. The Morgan fingerprint density at radius 2 is 0.722 bits per heavy atom. The summed E-state index contributed by atoms with van der Waals surface area (Å²) < 4.78 is 0. The molecule has 0 aromatic rings. The van der Waals surface area contributed by atoms with Crippen LogP contribution in [0.4, 0.5) is 0 Å². The van der Waals surface area contributed by atoms with Crippen LogP contribution in [-0.2, 0) is 0 Å². The topological polar surface area (TPSA) is 0 Å². The van der Waals surface area contributed by atoms with E-state index >= 15 is 0 Å². The van der Waals surface area contributed by atoms with E-state index in [0.717, 1.165) is 0 Å². The molecular weight excluding hydrogens is 216 g/mol. The predicted octanol–water partition coefficient (Wildman–Crippen LogP) is 6.82. The average Bonchev–Trinajstić information content (AvgIpc) is 2.39. The summed E-state index contributed by atoms with van der Waals surface area (Å²) in [7, 11) is 0. The van der Waals surface area contributed by atoms with Gasteiger partial charge >= 0.3 is 0 Å². The molecule has 0 atom stereocenters. The number of rotatable bonds is 13. The van der Waals surface area contributed by atoms with E-state index < -0.39 is 0 Å². The van der Waals surface area contributed by atoms with Crippen molar-refractivity contribution < 1.29 is 0 Å². The highest BCUT2D eigenvalue weighted by Gasteiger charge is 1.92. The van der Waals surface area contributed by atoms with Crippen molar-refractivity contribution in [3.63, 3.8) is 0 Å². The first kappa shape index (κ1) is 17.5. The number of hydrogen-bond acceptors (Lipinski definition) is 0. The van der Waals surface area contributed by atoms with E-state index in [0.29, 0.717) is 0 Å². The Kier molecular flexibility index (Phi) is 16.0. The van der Waals surface area contributed by atoms with E-state index in [1.165, 1.54) is 77.0 Å². The maximum absolute atomic E-state index is 2.29. The first-order chi connectivity index (χ1) is 8.91. The van der Waals surface area contributed by atoms with Crippen LogP contribution < -0.4 is 0 Å². The van der Waals surface area contributed by atoms with Crippen LogP contribution in [0.5, 0.6) is 0 Å². The molecule has 0 N–H and O–H groups in total. The van der Waals surface area contributed by atoms with Gasteiger partial charge in [0.25, 0.3) is 0 Å². The zero-order valence-electron chi connectivity index (χ0n) is 12.8. The minimum absolute atomic E-state index is 1.28. The maximum Gasteiger partial charge on any atom is -0.0351 e. The van der Waals surface area contributed by atoms with Crippen molar-refractivity contribution >= 4 is 0 Å². The van der Waals surface area contributed by atoms with Crippen LogP contribution in [0.1, 0.15) is 90.9 Å². The van der Waals surface area contributed by atoms with Gasteiger partial charge in [0.1, 0.15) is 0 Å². The van der Waals surface area contributed by atoms with E-state index in [9.17, 15) is 0 Å². The van der Waals surface area contributed by atoms with Crippen LogP contribution in [0.15, 0.2) is 24.3 Å². The van der Waals surface area contributed by atoms with Crippen LogP contribution in [-0.4, -0.2) is 0 Å². The Balaban J connectivity index is 2.94. The molecule has 0 aliphatic carbocycles. The molecule has 106 valence electrons. The molecule has 0 aliphatic heterocycles. The highest BCUT2D eigenvalue weighted by atomic mass is 14.0. The van der Waals surface area contributed by atoms with Crippen molar-refractivity contribution in [2.75, 3.05) is 0 Å². The Labute approximate surface area is 116 Å². The van der Waals surface area contributed by atoms with Gasteiger partial charge in [0.15, 0.2) is 0 Å². The molecule has 0 heteroatoms. The van der Waals surface area contributed by atoms with Crippen LogP contribution in [0.3, 0.4) is 0 Å². The second-order valence-electron chi connectivity index (χ2n) is 5.25. The fourth-order valence-corrected chi connectivity index (χ4v) is 2.27. The summed E-state index contributed by atoms with van der Waals surface area (Å²) in [4.78, 5) is 0. The van der Waals surface area contributed by atoms with Gasteiger partial charge in [-0.15, -0.1) is 0 Å². The van der Waals surface area contributed by atoms with Crippen molar-refractivity contribution in [2.45, 2.75) is 90.9 Å². The summed E-state index contributed by atoms with van der Waals surface area (Å²) in [5, 5.41) is 0. The van der Waals surface area contributed by atoms with Gasteiger partial charge < -0.3 is 0 Å². The third-order valence-corrected chi connectivity index (χ3v) is 3.46. The first-order valence-electron chi connectivity index (χ1n) is 8.14. The molecule has 0 radical (unpaired) electrons. The number of allylic oxidation sites excluding steroid dienone is 4. The summed E-state index contributed by atoms with van der Waals surface area (Å²) >= 11 is 0.